The molecule has 1 heterocycles. The predicted molar refractivity (Wildman–Crippen MR) is 134 cm³/mol. The normalized spacial score (nSPS) is 25.8. The van der Waals surface area contributed by atoms with Crippen LogP contribution in [-0.4, -0.2) is 68.4 Å². The number of likely N-dealkylation sites (tertiary alicyclic amines) is 1. The average molecular weight is 474 g/mol. The van der Waals surface area contributed by atoms with Crippen LogP contribution in [0.1, 0.15) is 94.8 Å². The topological polar surface area (TPSA) is 129 Å². The Morgan fingerprint density at radius 1 is 1.00 bits per heavy atom. The van der Waals surface area contributed by atoms with Gasteiger partial charge in [0.1, 0.15) is 23.5 Å². The fourth-order valence-electron chi connectivity index (χ4n) is 5.71. The first kappa shape index (κ1) is 25.2. The van der Waals surface area contributed by atoms with Gasteiger partial charge in [-0.25, -0.2) is 0 Å². The number of amidine groups is 1. The summed E-state index contributed by atoms with van der Waals surface area (Å²) < 4.78 is 0. The third-order valence-electron chi connectivity index (χ3n) is 7.89. The molecule has 7 N–H and O–H groups in total. The van der Waals surface area contributed by atoms with Crippen LogP contribution in [-0.2, 0) is 0 Å². The van der Waals surface area contributed by atoms with E-state index >= 15 is 0 Å². The van der Waals surface area contributed by atoms with Crippen LogP contribution in [0.3, 0.4) is 0 Å². The summed E-state index contributed by atoms with van der Waals surface area (Å²) in [5, 5.41) is 43.8. The van der Waals surface area contributed by atoms with Gasteiger partial charge in [0.2, 0.25) is 0 Å². The molecule has 8 nitrogen and oxygen atoms in total. The molecule has 2 aliphatic carbocycles. The first-order chi connectivity index (χ1) is 16.3. The lowest BCUT2D eigenvalue weighted by molar-refractivity contribution is 0.0848. The number of nitrogens with two attached hydrogens (primary N) is 1. The van der Waals surface area contributed by atoms with Crippen molar-refractivity contribution >= 4 is 5.84 Å². The summed E-state index contributed by atoms with van der Waals surface area (Å²) in [6, 6.07) is 3.93. The highest BCUT2D eigenvalue weighted by atomic mass is 16.3. The molecule has 190 valence electrons. The molecule has 34 heavy (non-hydrogen) atoms. The number of phenolic OH excluding ortho intramolecular Hbond substituents is 2. The molecule has 1 aromatic carbocycles. The van der Waals surface area contributed by atoms with Gasteiger partial charge >= 0.3 is 0 Å². The van der Waals surface area contributed by atoms with Gasteiger partial charge in [0.15, 0.2) is 6.23 Å². The van der Waals surface area contributed by atoms with Crippen LogP contribution in [0.25, 0.3) is 0 Å². The number of nitrogens with one attached hydrogen (secondary N) is 2. The Bertz CT molecular complexity index is 845. The Hall–Kier alpha value is -1.87. The molecule has 1 saturated heterocycles. The fraction of sp³-hybridized carbons (Fsp3) is 0.731. The van der Waals surface area contributed by atoms with Gasteiger partial charge in [-0.3, -0.25) is 10.7 Å². The molecule has 0 aromatic heterocycles. The highest BCUT2D eigenvalue weighted by Gasteiger charge is 2.37. The number of nitrogens with zero attached hydrogens (tertiary/aromatic N) is 2. The highest BCUT2D eigenvalue weighted by Crippen LogP contribution is 2.38. The standard InChI is InChI=1S/C26H43N5O3/c1-16(2)20-14-21(23(33)15-22(20)32)24(27)31(25(28)26(34)29-17-6-7-17)19-10-8-18(9-11-19)30-12-4-3-5-13-30/h14-19,24,26,28-29,32-34H,3-13,27H2,1-2H3. The van der Waals surface area contributed by atoms with Crippen LogP contribution >= 0.6 is 0 Å². The molecular formula is C26H43N5O3. The minimum Gasteiger partial charge on any atom is -0.508 e. The van der Waals surface area contributed by atoms with E-state index in [1.807, 2.05) is 18.7 Å². The summed E-state index contributed by atoms with van der Waals surface area (Å²) in [5.74, 6) is 0.0716. The quantitative estimate of drug-likeness (QED) is 0.194. The third kappa shape index (κ3) is 5.67. The smallest absolute Gasteiger partial charge is 0.163 e. The van der Waals surface area contributed by atoms with E-state index in [2.05, 4.69) is 10.2 Å². The second-order valence-electron chi connectivity index (χ2n) is 10.8. The zero-order chi connectivity index (χ0) is 24.4. The molecule has 3 aliphatic rings. The minimum atomic E-state index is -1.10. The summed E-state index contributed by atoms with van der Waals surface area (Å²) >= 11 is 0. The van der Waals surface area contributed by atoms with Gasteiger partial charge in [0.25, 0.3) is 0 Å². The van der Waals surface area contributed by atoms with E-state index in [4.69, 9.17) is 11.1 Å². The molecule has 1 aromatic rings. The number of benzene rings is 1. The number of rotatable bonds is 8. The van der Waals surface area contributed by atoms with Crippen LogP contribution in [0.2, 0.25) is 0 Å². The molecule has 8 heteroatoms. The molecule has 1 aliphatic heterocycles. The minimum absolute atomic E-state index is 0.00916. The SMILES string of the molecule is CC(C)c1cc(C(N)N(C(=N)C(O)NC2CC2)C2CCC(N3CCCCC3)CC2)c(O)cc1O. The lowest BCUT2D eigenvalue weighted by atomic mass is 9.87. The van der Waals surface area contributed by atoms with Crippen LogP contribution in [0.5, 0.6) is 11.5 Å². The molecular weight excluding hydrogens is 430 g/mol. The summed E-state index contributed by atoms with van der Waals surface area (Å²) in [6.07, 6.45) is 7.89. The van der Waals surface area contributed by atoms with E-state index in [-0.39, 0.29) is 35.3 Å². The van der Waals surface area contributed by atoms with Crippen molar-refractivity contribution in [3.8, 4) is 11.5 Å². The number of hydrogen-bond acceptors (Lipinski definition) is 7. The van der Waals surface area contributed by atoms with Crippen molar-refractivity contribution in [2.75, 3.05) is 13.1 Å². The monoisotopic (exact) mass is 473 g/mol. The van der Waals surface area contributed by atoms with Crippen molar-refractivity contribution in [3.05, 3.63) is 23.3 Å². The molecule has 0 bridgehead atoms. The van der Waals surface area contributed by atoms with Crippen molar-refractivity contribution in [1.82, 2.24) is 15.1 Å². The number of aromatic hydroxyl groups is 2. The number of aliphatic hydroxyl groups is 1. The summed E-state index contributed by atoms with van der Waals surface area (Å²) in [4.78, 5) is 4.43. The van der Waals surface area contributed by atoms with Crippen molar-refractivity contribution in [3.63, 3.8) is 0 Å². The molecule has 3 fully saturated rings. The maximum absolute atomic E-state index is 10.8. The summed E-state index contributed by atoms with van der Waals surface area (Å²) in [6.45, 7) is 6.31. The third-order valence-corrected chi connectivity index (χ3v) is 7.89. The van der Waals surface area contributed by atoms with Crippen molar-refractivity contribution in [1.29, 1.82) is 5.41 Å². The Balaban J connectivity index is 1.56. The van der Waals surface area contributed by atoms with Crippen molar-refractivity contribution < 1.29 is 15.3 Å². The first-order valence-electron chi connectivity index (χ1n) is 13.1. The number of piperidine rings is 1. The molecule has 0 spiro atoms. The van der Waals surface area contributed by atoms with Gasteiger partial charge in [-0.05, 0) is 82.0 Å². The molecule has 2 unspecified atom stereocenters. The largest absolute Gasteiger partial charge is 0.508 e. The van der Waals surface area contributed by atoms with Crippen LogP contribution in [0, 0.1) is 5.41 Å². The molecule has 0 radical (unpaired) electrons. The number of hydrogen-bond donors (Lipinski definition) is 6. The Morgan fingerprint density at radius 3 is 2.21 bits per heavy atom. The fourth-order valence-corrected chi connectivity index (χ4v) is 5.71. The van der Waals surface area contributed by atoms with E-state index in [1.54, 1.807) is 6.07 Å². The lowest BCUT2D eigenvalue weighted by Crippen LogP contribution is -2.55. The van der Waals surface area contributed by atoms with Crippen LogP contribution in [0.15, 0.2) is 12.1 Å². The van der Waals surface area contributed by atoms with Gasteiger partial charge in [0, 0.05) is 29.8 Å². The van der Waals surface area contributed by atoms with Gasteiger partial charge < -0.3 is 30.9 Å². The van der Waals surface area contributed by atoms with E-state index in [9.17, 15) is 15.3 Å². The second-order valence-corrected chi connectivity index (χ2v) is 10.8. The van der Waals surface area contributed by atoms with Gasteiger partial charge in [-0.2, -0.15) is 0 Å². The number of phenols is 2. The Kier molecular flexibility index (Phi) is 8.02. The molecule has 4 rings (SSSR count). The van der Waals surface area contributed by atoms with Gasteiger partial charge in [-0.15, -0.1) is 0 Å². The highest BCUT2D eigenvalue weighted by molar-refractivity contribution is 5.84. The lowest BCUT2D eigenvalue weighted by Gasteiger charge is -2.45. The van der Waals surface area contributed by atoms with E-state index in [1.165, 1.54) is 38.4 Å². The zero-order valence-electron chi connectivity index (χ0n) is 20.7. The predicted octanol–water partition coefficient (Wildman–Crippen LogP) is 3.33. The van der Waals surface area contributed by atoms with E-state index in [0.29, 0.717) is 17.2 Å². The Morgan fingerprint density at radius 2 is 1.62 bits per heavy atom. The molecule has 2 saturated carbocycles. The summed E-state index contributed by atoms with van der Waals surface area (Å²) in [5.41, 5.74) is 7.93. The van der Waals surface area contributed by atoms with Crippen molar-refractivity contribution in [2.24, 2.45) is 5.73 Å². The van der Waals surface area contributed by atoms with Crippen LogP contribution in [0.4, 0.5) is 0 Å². The van der Waals surface area contributed by atoms with E-state index in [0.717, 1.165) is 38.5 Å². The van der Waals surface area contributed by atoms with E-state index < -0.39 is 12.4 Å². The zero-order valence-corrected chi connectivity index (χ0v) is 20.7. The maximum atomic E-state index is 10.8. The van der Waals surface area contributed by atoms with Gasteiger partial charge in [-0.1, -0.05) is 20.3 Å². The average Bonchev–Trinajstić information content (AvgIpc) is 3.64. The van der Waals surface area contributed by atoms with Gasteiger partial charge in [0.05, 0.1) is 0 Å². The Labute approximate surface area is 203 Å². The molecule has 0 amide bonds. The van der Waals surface area contributed by atoms with Crippen molar-refractivity contribution in [2.45, 2.75) is 108 Å². The first-order valence-corrected chi connectivity index (χ1v) is 13.1. The molecule has 2 atom stereocenters. The second kappa shape index (κ2) is 10.8. The summed E-state index contributed by atoms with van der Waals surface area (Å²) in [7, 11) is 0. The van der Waals surface area contributed by atoms with Crippen LogP contribution < -0.4 is 11.1 Å². The maximum Gasteiger partial charge on any atom is 0.163 e. The number of aliphatic hydroxyl groups excluding tert-OH is 1.